The van der Waals surface area contributed by atoms with E-state index in [9.17, 15) is 14.8 Å². The average molecular weight is 505 g/mol. The summed E-state index contributed by atoms with van der Waals surface area (Å²) in [7, 11) is 0. The molecule has 0 aliphatic carbocycles. The molecule has 0 spiro atoms. The van der Waals surface area contributed by atoms with Crippen LogP contribution in [-0.2, 0) is 35.1 Å². The first-order valence-electron chi connectivity index (χ1n) is 10.2. The van der Waals surface area contributed by atoms with E-state index in [2.05, 4.69) is 41.5 Å². The Morgan fingerprint density at radius 3 is 1.24 bits per heavy atom. The summed E-state index contributed by atoms with van der Waals surface area (Å²) in [6, 6.07) is 3.55. The van der Waals surface area contributed by atoms with Crippen molar-refractivity contribution in [2.24, 2.45) is 11.5 Å². The monoisotopic (exact) mass is 504 g/mol. The van der Waals surface area contributed by atoms with Crippen LogP contribution in [0.3, 0.4) is 0 Å². The molecule has 0 bridgehead atoms. The van der Waals surface area contributed by atoms with E-state index in [1.54, 1.807) is 12.1 Å². The molecule has 0 radical (unpaired) electrons. The first-order valence-corrected chi connectivity index (χ1v) is 11.4. The van der Waals surface area contributed by atoms with Crippen LogP contribution >= 0.6 is 12.4 Å². The van der Waals surface area contributed by atoms with Crippen molar-refractivity contribution in [3.8, 4) is 11.5 Å². The van der Waals surface area contributed by atoms with Gasteiger partial charge in [-0.05, 0) is 46.9 Å². The lowest BCUT2D eigenvalue weighted by Crippen LogP contribution is -2.19. The van der Waals surface area contributed by atoms with Gasteiger partial charge in [-0.25, -0.2) is 0 Å². The lowest BCUT2D eigenvalue weighted by Gasteiger charge is -2.27. The maximum Gasteiger partial charge on any atom is 0.200 e. The first-order chi connectivity index (χ1) is 13.7. The minimum Gasteiger partial charge on any atom is -0.606 e. The van der Waals surface area contributed by atoms with Crippen LogP contribution in [-0.4, -0.2) is 25.7 Å². The molecule has 0 heterocycles. The number of benzene rings is 2. The van der Waals surface area contributed by atoms with E-state index in [1.807, 2.05) is 13.8 Å². The Hall–Kier alpha value is -1.52. The second kappa shape index (κ2) is 11.8. The van der Waals surface area contributed by atoms with Gasteiger partial charge < -0.3 is 37.2 Å². The van der Waals surface area contributed by atoms with Crippen LogP contribution in [0.4, 0.5) is 0 Å². The van der Waals surface area contributed by atoms with Gasteiger partial charge in [0.15, 0.2) is 11.5 Å². The second-order valence-electron chi connectivity index (χ2n) is 9.93. The molecule has 7 nitrogen and oxygen atoms in total. The zero-order valence-corrected chi connectivity index (χ0v) is 22.5. The van der Waals surface area contributed by atoms with E-state index in [0.717, 1.165) is 22.3 Å². The maximum atomic E-state index is 13.7. The second-order valence-corrected chi connectivity index (χ2v) is 11.3. The van der Waals surface area contributed by atoms with Gasteiger partial charge >= 0.3 is 0 Å². The Morgan fingerprint density at radius 2 is 1.03 bits per heavy atom. The van der Waals surface area contributed by atoms with Crippen molar-refractivity contribution in [3.63, 3.8) is 0 Å². The SMILES string of the molecule is Cc1c(C(C)(C)C)cc([S+]([O-])c2cc(C(C)(C)C)c(C)c(CN)c2O)c(O)c1CN.Cl.O.O. The minimum absolute atomic E-state index is 0. The highest BCUT2D eigenvalue weighted by molar-refractivity contribution is 7.91. The Labute approximate surface area is 206 Å². The van der Waals surface area contributed by atoms with Gasteiger partial charge in [-0.15, -0.1) is 12.4 Å². The summed E-state index contributed by atoms with van der Waals surface area (Å²) in [5.74, 6) is -0.152. The lowest BCUT2D eigenvalue weighted by atomic mass is 9.82. The van der Waals surface area contributed by atoms with Gasteiger partial charge in [0.25, 0.3) is 0 Å². The highest BCUT2D eigenvalue weighted by Crippen LogP contribution is 2.43. The van der Waals surface area contributed by atoms with Crippen LogP contribution in [0.1, 0.15) is 74.9 Å². The third kappa shape index (κ3) is 6.33. The zero-order chi connectivity index (χ0) is 23.2. The number of nitrogens with two attached hydrogens (primary N) is 2. The van der Waals surface area contributed by atoms with Crippen molar-refractivity contribution < 1.29 is 25.7 Å². The molecule has 0 amide bonds. The Balaban J connectivity index is 0. The van der Waals surface area contributed by atoms with Gasteiger partial charge in [-0.3, -0.25) is 0 Å². The molecule has 2 aromatic carbocycles. The van der Waals surface area contributed by atoms with Crippen LogP contribution in [0.2, 0.25) is 0 Å². The Bertz CT molecular complexity index is 892. The van der Waals surface area contributed by atoms with Crippen molar-refractivity contribution in [1.29, 1.82) is 0 Å². The van der Waals surface area contributed by atoms with E-state index >= 15 is 0 Å². The molecule has 0 saturated carbocycles. The molecule has 9 heteroatoms. The van der Waals surface area contributed by atoms with Crippen LogP contribution in [0.15, 0.2) is 21.9 Å². The van der Waals surface area contributed by atoms with Gasteiger partial charge in [0.2, 0.25) is 9.79 Å². The normalized spacial score (nSPS) is 11.5. The van der Waals surface area contributed by atoms with E-state index in [1.165, 1.54) is 0 Å². The molecule has 0 saturated heterocycles. The molecule has 0 fully saturated rings. The minimum atomic E-state index is -1.81. The third-order valence-electron chi connectivity index (χ3n) is 5.73. The summed E-state index contributed by atoms with van der Waals surface area (Å²) in [5.41, 5.74) is 16.3. The van der Waals surface area contributed by atoms with Crippen molar-refractivity contribution in [2.45, 2.75) is 89.1 Å². The van der Waals surface area contributed by atoms with Crippen LogP contribution in [0, 0.1) is 13.8 Å². The molecule has 0 aliphatic heterocycles. The molecule has 10 N–H and O–H groups in total. The van der Waals surface area contributed by atoms with Gasteiger partial charge in [-0.1, -0.05) is 41.5 Å². The highest BCUT2D eigenvalue weighted by atomic mass is 35.5. The van der Waals surface area contributed by atoms with Gasteiger partial charge in [0.05, 0.1) is 0 Å². The van der Waals surface area contributed by atoms with Crippen molar-refractivity contribution in [1.82, 2.24) is 0 Å². The van der Waals surface area contributed by atoms with Gasteiger partial charge in [-0.2, -0.15) is 0 Å². The number of phenols is 2. The fourth-order valence-corrected chi connectivity index (χ4v) is 5.34. The number of halogens is 1. The maximum absolute atomic E-state index is 13.7. The summed E-state index contributed by atoms with van der Waals surface area (Å²) >= 11 is -1.81. The predicted octanol–water partition coefficient (Wildman–Crippen LogP) is 3.17. The lowest BCUT2D eigenvalue weighted by molar-refractivity contribution is 0.442. The van der Waals surface area contributed by atoms with Crippen LogP contribution < -0.4 is 11.5 Å². The fourth-order valence-electron chi connectivity index (χ4n) is 4.05. The zero-order valence-electron chi connectivity index (χ0n) is 20.8. The molecular formula is C24H41ClN2O5S. The quantitative estimate of drug-likeness (QED) is 0.466. The molecular weight excluding hydrogens is 464 g/mol. The van der Waals surface area contributed by atoms with Gasteiger partial charge in [0, 0.05) is 47.5 Å². The van der Waals surface area contributed by atoms with E-state index < -0.39 is 11.2 Å². The molecule has 0 atom stereocenters. The van der Waals surface area contributed by atoms with Gasteiger partial charge in [0.1, 0.15) is 0 Å². The average Bonchev–Trinajstić information content (AvgIpc) is 2.60. The summed E-state index contributed by atoms with van der Waals surface area (Å²) in [6.45, 7) is 16.5. The first kappa shape index (κ1) is 33.7. The van der Waals surface area contributed by atoms with Crippen molar-refractivity contribution in [3.05, 3.63) is 45.5 Å². The largest absolute Gasteiger partial charge is 0.606 e. The highest BCUT2D eigenvalue weighted by Gasteiger charge is 2.33. The number of aromatic hydroxyl groups is 2. The fraction of sp³-hybridized carbons (Fsp3) is 0.500. The summed E-state index contributed by atoms with van der Waals surface area (Å²) < 4.78 is 13.7. The molecule has 2 rings (SSSR count). The summed E-state index contributed by atoms with van der Waals surface area (Å²) in [6.07, 6.45) is 0. The molecule has 33 heavy (non-hydrogen) atoms. The van der Waals surface area contributed by atoms with Crippen LogP contribution in [0.25, 0.3) is 0 Å². The molecule has 2 aromatic rings. The standard InChI is InChI=1S/C24H36N2O3S.ClH.2H2O/c1-13-15(11-25)21(27)19(9-17(13)23(3,4)5)30(29)20-10-18(24(6,7)8)14(2)16(12-26)22(20)28;;;/h9-10,27-28H,11-12,25-26H2,1-8H3;1H;2*1H2. The summed E-state index contributed by atoms with van der Waals surface area (Å²) in [5, 5.41) is 21.8. The molecule has 190 valence electrons. The summed E-state index contributed by atoms with van der Waals surface area (Å²) in [4.78, 5) is 0.515. The van der Waals surface area contributed by atoms with E-state index in [-0.39, 0.29) is 68.6 Å². The smallest absolute Gasteiger partial charge is 0.200 e. The van der Waals surface area contributed by atoms with Crippen molar-refractivity contribution >= 4 is 23.6 Å². The van der Waals surface area contributed by atoms with E-state index in [0.29, 0.717) is 11.1 Å². The number of hydrogen-bond acceptors (Lipinski definition) is 5. The Morgan fingerprint density at radius 1 is 0.758 bits per heavy atom. The van der Waals surface area contributed by atoms with Crippen molar-refractivity contribution in [2.75, 3.05) is 0 Å². The number of rotatable bonds is 4. The Kier molecular flexibility index (Phi) is 12.0. The molecule has 0 aliphatic rings. The third-order valence-corrected chi connectivity index (χ3v) is 7.15. The topological polar surface area (TPSA) is 179 Å². The molecule has 0 unspecified atom stereocenters. The molecule has 0 aromatic heterocycles. The number of hydrogen-bond donors (Lipinski definition) is 4. The number of phenolic OH excluding ortho intramolecular Hbond substituents is 2. The predicted molar refractivity (Wildman–Crippen MR) is 138 cm³/mol. The van der Waals surface area contributed by atoms with E-state index in [4.69, 9.17) is 11.5 Å². The van der Waals surface area contributed by atoms with Crippen LogP contribution in [0.5, 0.6) is 11.5 Å².